The van der Waals surface area contributed by atoms with E-state index in [9.17, 15) is 19.2 Å². The van der Waals surface area contributed by atoms with Gasteiger partial charge in [0.15, 0.2) is 0 Å². The predicted octanol–water partition coefficient (Wildman–Crippen LogP) is 0.250. The molecule has 2 saturated heterocycles. The fourth-order valence-corrected chi connectivity index (χ4v) is 3.84. The van der Waals surface area contributed by atoms with Gasteiger partial charge >= 0.3 is 0 Å². The third kappa shape index (κ3) is 2.76. The number of carbonyl (C=O) groups excluding carboxylic acids is 4. The SMILES string of the molecule is CC1CC(Nc2ccc3c(c2)C(=O)N(C2CCC(=O)NC2=O)C3=O)CN1. The van der Waals surface area contributed by atoms with E-state index in [1.165, 1.54) is 0 Å². The van der Waals surface area contributed by atoms with Crippen LogP contribution in [-0.2, 0) is 9.59 Å². The number of anilines is 1. The molecule has 3 atom stereocenters. The van der Waals surface area contributed by atoms with Crippen LogP contribution in [0, 0.1) is 0 Å². The van der Waals surface area contributed by atoms with Crippen molar-refractivity contribution in [1.29, 1.82) is 0 Å². The molecule has 2 fully saturated rings. The molecule has 26 heavy (non-hydrogen) atoms. The van der Waals surface area contributed by atoms with Gasteiger partial charge in [-0.1, -0.05) is 0 Å². The van der Waals surface area contributed by atoms with Crippen LogP contribution >= 0.6 is 0 Å². The minimum Gasteiger partial charge on any atom is -0.381 e. The fraction of sp³-hybridized carbons (Fsp3) is 0.444. The Labute approximate surface area is 150 Å². The van der Waals surface area contributed by atoms with Gasteiger partial charge in [0.1, 0.15) is 6.04 Å². The summed E-state index contributed by atoms with van der Waals surface area (Å²) >= 11 is 0. The van der Waals surface area contributed by atoms with Crippen molar-refractivity contribution in [3.63, 3.8) is 0 Å². The number of hydrogen-bond acceptors (Lipinski definition) is 6. The highest BCUT2D eigenvalue weighted by molar-refractivity contribution is 6.23. The summed E-state index contributed by atoms with van der Waals surface area (Å²) < 4.78 is 0. The standard InChI is InChI=1S/C18H20N4O4/c1-9-6-11(8-19-9)20-10-2-3-12-13(7-10)18(26)22(17(12)25)14-4-5-15(23)21-16(14)24/h2-3,7,9,11,14,19-20H,4-6,8H2,1H3,(H,21,23,24). The van der Waals surface area contributed by atoms with Gasteiger partial charge in [0.25, 0.3) is 11.8 Å². The molecule has 3 heterocycles. The number of imide groups is 2. The Morgan fingerprint density at radius 2 is 1.88 bits per heavy atom. The summed E-state index contributed by atoms with van der Waals surface area (Å²) in [5, 5.41) is 8.92. The average Bonchev–Trinajstić information content (AvgIpc) is 3.10. The molecule has 3 aliphatic rings. The number of piperidine rings is 1. The number of fused-ring (bicyclic) bond motifs is 1. The van der Waals surface area contributed by atoms with Crippen molar-refractivity contribution in [1.82, 2.24) is 15.5 Å². The predicted molar refractivity (Wildman–Crippen MR) is 92.6 cm³/mol. The van der Waals surface area contributed by atoms with Crippen LogP contribution in [0.2, 0.25) is 0 Å². The van der Waals surface area contributed by atoms with Crippen LogP contribution in [0.15, 0.2) is 18.2 Å². The van der Waals surface area contributed by atoms with Crippen molar-refractivity contribution in [3.05, 3.63) is 29.3 Å². The highest BCUT2D eigenvalue weighted by atomic mass is 16.2. The van der Waals surface area contributed by atoms with E-state index in [4.69, 9.17) is 0 Å². The largest absolute Gasteiger partial charge is 0.381 e. The van der Waals surface area contributed by atoms with Gasteiger partial charge in [-0.2, -0.15) is 0 Å². The molecule has 0 saturated carbocycles. The Bertz CT molecular complexity index is 821. The molecule has 0 aromatic heterocycles. The third-order valence-electron chi connectivity index (χ3n) is 5.16. The van der Waals surface area contributed by atoms with Crippen molar-refractivity contribution < 1.29 is 19.2 Å². The Kier molecular flexibility index (Phi) is 3.99. The maximum absolute atomic E-state index is 12.8. The molecule has 1 aromatic rings. The highest BCUT2D eigenvalue weighted by Crippen LogP contribution is 2.30. The average molecular weight is 356 g/mol. The molecular formula is C18H20N4O4. The number of carbonyl (C=O) groups is 4. The number of amides is 4. The quantitative estimate of drug-likeness (QED) is 0.670. The highest BCUT2D eigenvalue weighted by Gasteiger charge is 2.44. The molecule has 1 aromatic carbocycles. The molecular weight excluding hydrogens is 336 g/mol. The molecule has 0 bridgehead atoms. The van der Waals surface area contributed by atoms with E-state index in [0.717, 1.165) is 23.6 Å². The van der Waals surface area contributed by atoms with Gasteiger partial charge in [-0.15, -0.1) is 0 Å². The zero-order valence-corrected chi connectivity index (χ0v) is 14.4. The van der Waals surface area contributed by atoms with Crippen LogP contribution in [0.4, 0.5) is 5.69 Å². The molecule has 4 amide bonds. The van der Waals surface area contributed by atoms with Crippen LogP contribution in [0.5, 0.6) is 0 Å². The van der Waals surface area contributed by atoms with E-state index in [2.05, 4.69) is 22.9 Å². The zero-order chi connectivity index (χ0) is 18.4. The van der Waals surface area contributed by atoms with Crippen molar-refractivity contribution in [2.75, 3.05) is 11.9 Å². The first-order chi connectivity index (χ1) is 12.4. The summed E-state index contributed by atoms with van der Waals surface area (Å²) in [6, 6.07) is 4.84. The minimum atomic E-state index is -0.934. The molecule has 136 valence electrons. The van der Waals surface area contributed by atoms with E-state index >= 15 is 0 Å². The second kappa shape index (κ2) is 6.21. The number of nitrogens with one attached hydrogen (secondary N) is 3. The van der Waals surface area contributed by atoms with E-state index < -0.39 is 23.8 Å². The van der Waals surface area contributed by atoms with Crippen molar-refractivity contribution in [2.45, 2.75) is 44.3 Å². The molecule has 0 aliphatic carbocycles. The summed E-state index contributed by atoms with van der Waals surface area (Å²) in [5.74, 6) is -1.95. The lowest BCUT2D eigenvalue weighted by Gasteiger charge is -2.27. The summed E-state index contributed by atoms with van der Waals surface area (Å²) in [5.41, 5.74) is 1.36. The van der Waals surface area contributed by atoms with Gasteiger partial charge in [0, 0.05) is 30.7 Å². The second-order valence-electron chi connectivity index (χ2n) is 7.09. The molecule has 4 rings (SSSR count). The van der Waals surface area contributed by atoms with Crippen LogP contribution in [0.3, 0.4) is 0 Å². The number of nitrogens with zero attached hydrogens (tertiary/aromatic N) is 1. The van der Waals surface area contributed by atoms with Crippen molar-refractivity contribution >= 4 is 29.3 Å². The molecule has 0 spiro atoms. The van der Waals surface area contributed by atoms with Crippen LogP contribution in [0.1, 0.15) is 46.9 Å². The lowest BCUT2D eigenvalue weighted by molar-refractivity contribution is -0.136. The summed E-state index contributed by atoms with van der Waals surface area (Å²) in [4.78, 5) is 49.8. The Hall–Kier alpha value is -2.74. The van der Waals surface area contributed by atoms with Crippen molar-refractivity contribution in [2.24, 2.45) is 0 Å². The monoisotopic (exact) mass is 356 g/mol. The summed E-state index contributed by atoms with van der Waals surface area (Å²) in [7, 11) is 0. The van der Waals surface area contributed by atoms with E-state index in [-0.39, 0.29) is 24.8 Å². The lowest BCUT2D eigenvalue weighted by Crippen LogP contribution is -2.54. The lowest BCUT2D eigenvalue weighted by atomic mass is 10.0. The van der Waals surface area contributed by atoms with Gasteiger partial charge in [-0.3, -0.25) is 29.4 Å². The zero-order valence-electron chi connectivity index (χ0n) is 14.4. The van der Waals surface area contributed by atoms with Gasteiger partial charge in [0.05, 0.1) is 11.1 Å². The van der Waals surface area contributed by atoms with E-state index in [0.29, 0.717) is 17.2 Å². The third-order valence-corrected chi connectivity index (χ3v) is 5.16. The topological polar surface area (TPSA) is 108 Å². The molecule has 0 radical (unpaired) electrons. The number of benzene rings is 1. The van der Waals surface area contributed by atoms with Crippen LogP contribution in [-0.4, -0.2) is 53.2 Å². The Balaban J connectivity index is 1.56. The van der Waals surface area contributed by atoms with Gasteiger partial charge in [-0.05, 0) is 38.0 Å². The molecule has 8 heteroatoms. The second-order valence-corrected chi connectivity index (χ2v) is 7.09. The first-order valence-corrected chi connectivity index (χ1v) is 8.79. The smallest absolute Gasteiger partial charge is 0.262 e. The summed E-state index contributed by atoms with van der Waals surface area (Å²) in [6.45, 7) is 2.96. The molecule has 3 aliphatic heterocycles. The first kappa shape index (κ1) is 16.7. The van der Waals surface area contributed by atoms with Gasteiger partial charge in [0.2, 0.25) is 11.8 Å². The van der Waals surface area contributed by atoms with Crippen LogP contribution in [0.25, 0.3) is 0 Å². The minimum absolute atomic E-state index is 0.115. The fourth-order valence-electron chi connectivity index (χ4n) is 3.84. The maximum atomic E-state index is 12.8. The van der Waals surface area contributed by atoms with E-state index in [1.54, 1.807) is 18.2 Å². The van der Waals surface area contributed by atoms with Gasteiger partial charge in [-0.25, -0.2) is 0 Å². The maximum Gasteiger partial charge on any atom is 0.262 e. The molecule has 3 unspecified atom stereocenters. The van der Waals surface area contributed by atoms with E-state index in [1.807, 2.05) is 0 Å². The molecule has 3 N–H and O–H groups in total. The Morgan fingerprint density at radius 1 is 1.12 bits per heavy atom. The summed E-state index contributed by atoms with van der Waals surface area (Å²) in [6.07, 6.45) is 1.25. The number of rotatable bonds is 3. The normalized spacial score (nSPS) is 28.3. The molecule has 8 nitrogen and oxygen atoms in total. The van der Waals surface area contributed by atoms with Crippen LogP contribution < -0.4 is 16.0 Å². The van der Waals surface area contributed by atoms with Gasteiger partial charge < -0.3 is 10.6 Å². The Morgan fingerprint density at radius 3 is 2.58 bits per heavy atom. The first-order valence-electron chi connectivity index (χ1n) is 8.79. The number of hydrogen-bond donors (Lipinski definition) is 3. The van der Waals surface area contributed by atoms with Crippen molar-refractivity contribution in [3.8, 4) is 0 Å².